The van der Waals surface area contributed by atoms with Crippen LogP contribution >= 0.6 is 22.6 Å². The Balaban J connectivity index is 2.80. The summed E-state index contributed by atoms with van der Waals surface area (Å²) in [4.78, 5) is 2.13. The number of hydrogen-bond acceptors (Lipinski definition) is 3. The van der Waals surface area contributed by atoms with Gasteiger partial charge in [-0.3, -0.25) is 4.90 Å². The number of methoxy groups -OCH3 is 1. The van der Waals surface area contributed by atoms with Crippen molar-refractivity contribution in [2.24, 2.45) is 5.41 Å². The van der Waals surface area contributed by atoms with E-state index in [-0.39, 0.29) is 5.60 Å². The highest BCUT2D eigenvalue weighted by molar-refractivity contribution is 14.1. The fourth-order valence-corrected chi connectivity index (χ4v) is 3.41. The van der Waals surface area contributed by atoms with Crippen molar-refractivity contribution in [2.45, 2.75) is 62.2 Å². The van der Waals surface area contributed by atoms with E-state index in [2.05, 4.69) is 47.3 Å². The van der Waals surface area contributed by atoms with Crippen LogP contribution in [0.3, 0.4) is 0 Å². The summed E-state index contributed by atoms with van der Waals surface area (Å²) in [6.45, 7) is 7.96. The zero-order valence-electron chi connectivity index (χ0n) is 13.2. The van der Waals surface area contributed by atoms with Gasteiger partial charge in [0.15, 0.2) is 0 Å². The summed E-state index contributed by atoms with van der Waals surface area (Å²) in [6.07, 6.45) is 8.94. The molecule has 3 atom stereocenters. The second kappa shape index (κ2) is 7.44. The first kappa shape index (κ1) is 18.2. The van der Waals surface area contributed by atoms with E-state index in [1.807, 2.05) is 6.92 Å². The van der Waals surface area contributed by atoms with Crippen LogP contribution in [0.4, 0.5) is 0 Å². The molecule has 0 aliphatic carbocycles. The molecular weight excluding hydrogens is 365 g/mol. The number of rotatable bonds is 6. The molecule has 0 saturated carbocycles. The topological polar surface area (TPSA) is 32.7 Å². The number of piperidine rings is 1. The molecule has 0 spiro atoms. The van der Waals surface area contributed by atoms with Gasteiger partial charge in [0, 0.05) is 24.1 Å². The molecule has 1 aliphatic rings. The largest absolute Gasteiger partial charge is 0.378 e. The average Bonchev–Trinajstić information content (AvgIpc) is 2.47. The molecule has 4 heteroatoms. The van der Waals surface area contributed by atoms with Crippen molar-refractivity contribution in [3.8, 4) is 12.3 Å². The monoisotopic (exact) mass is 393 g/mol. The summed E-state index contributed by atoms with van der Waals surface area (Å²) in [5, 5.41) is 10.8. The minimum absolute atomic E-state index is 0.288. The summed E-state index contributed by atoms with van der Waals surface area (Å²) in [5.74, 6) is 2.84. The van der Waals surface area contributed by atoms with E-state index in [1.54, 1.807) is 7.11 Å². The van der Waals surface area contributed by atoms with Crippen molar-refractivity contribution in [3.05, 3.63) is 0 Å². The predicted octanol–water partition coefficient (Wildman–Crippen LogP) is 3.05. The second-order valence-corrected chi connectivity index (χ2v) is 8.09. The van der Waals surface area contributed by atoms with Gasteiger partial charge in [0.05, 0.1) is 11.0 Å². The summed E-state index contributed by atoms with van der Waals surface area (Å²) in [5.41, 5.74) is -0.872. The molecule has 3 nitrogen and oxygen atoms in total. The normalized spacial score (nSPS) is 25.4. The molecule has 116 valence electrons. The van der Waals surface area contributed by atoms with Gasteiger partial charge in [-0.25, -0.2) is 0 Å². The Hall–Kier alpha value is 0.170. The number of aliphatic hydroxyl groups excluding tert-OH is 1. The van der Waals surface area contributed by atoms with E-state index >= 15 is 0 Å². The van der Waals surface area contributed by atoms with Crippen LogP contribution in [0.5, 0.6) is 0 Å². The highest BCUT2D eigenvalue weighted by Gasteiger charge is 2.41. The molecule has 20 heavy (non-hydrogen) atoms. The lowest BCUT2D eigenvalue weighted by Gasteiger charge is -2.44. The second-order valence-electron chi connectivity index (χ2n) is 6.33. The van der Waals surface area contributed by atoms with Crippen LogP contribution in [0.15, 0.2) is 0 Å². The van der Waals surface area contributed by atoms with E-state index in [9.17, 15) is 5.11 Å². The van der Waals surface area contributed by atoms with Gasteiger partial charge in [-0.15, -0.1) is 6.42 Å². The summed E-state index contributed by atoms with van der Waals surface area (Å²) in [6, 6.07) is 0. The van der Waals surface area contributed by atoms with Gasteiger partial charge in [-0.1, -0.05) is 35.4 Å². The molecule has 0 aromatic carbocycles. The maximum Gasteiger partial charge on any atom is 0.123 e. The van der Waals surface area contributed by atoms with Gasteiger partial charge in [-0.05, 0) is 39.5 Å². The smallest absolute Gasteiger partial charge is 0.123 e. The van der Waals surface area contributed by atoms with Gasteiger partial charge in [-0.2, -0.15) is 0 Å². The molecule has 0 aromatic rings. The molecular formula is C16H28INO2. The number of hydrogen-bond donors (Lipinski definition) is 1. The molecule has 0 radical (unpaired) electrons. The summed E-state index contributed by atoms with van der Waals surface area (Å²) >= 11 is 2.49. The van der Waals surface area contributed by atoms with E-state index < -0.39 is 11.6 Å². The van der Waals surface area contributed by atoms with Gasteiger partial charge in [0.25, 0.3) is 0 Å². The van der Waals surface area contributed by atoms with E-state index in [1.165, 1.54) is 0 Å². The standard InChI is InChI=1S/C16H28INO2/c1-6-15(3,12-16(4,7-2)20-5)14(19)18-10-8-13(17)9-11-18/h1,13-14,19H,7-12H2,2-5H3. The van der Waals surface area contributed by atoms with Gasteiger partial charge < -0.3 is 9.84 Å². The fraction of sp³-hybridized carbons (Fsp3) is 0.875. The van der Waals surface area contributed by atoms with Crippen LogP contribution in [-0.2, 0) is 4.74 Å². The molecule has 0 aromatic heterocycles. The molecule has 1 rings (SSSR count). The van der Waals surface area contributed by atoms with Crippen LogP contribution in [0.1, 0.15) is 46.5 Å². The average molecular weight is 393 g/mol. The number of terminal acetylenes is 1. The number of nitrogens with zero attached hydrogens (tertiary/aromatic N) is 1. The van der Waals surface area contributed by atoms with Crippen molar-refractivity contribution in [3.63, 3.8) is 0 Å². The van der Waals surface area contributed by atoms with Crippen molar-refractivity contribution in [1.82, 2.24) is 4.90 Å². The van der Waals surface area contributed by atoms with Gasteiger partial charge in [0.1, 0.15) is 6.23 Å². The quantitative estimate of drug-likeness (QED) is 0.428. The van der Waals surface area contributed by atoms with Crippen molar-refractivity contribution < 1.29 is 9.84 Å². The van der Waals surface area contributed by atoms with Gasteiger partial charge >= 0.3 is 0 Å². The maximum atomic E-state index is 10.8. The van der Waals surface area contributed by atoms with E-state index in [0.717, 1.165) is 32.4 Å². The Morgan fingerprint density at radius 1 is 1.45 bits per heavy atom. The Morgan fingerprint density at radius 2 is 2.00 bits per heavy atom. The van der Waals surface area contributed by atoms with Gasteiger partial charge in [0.2, 0.25) is 0 Å². The zero-order valence-corrected chi connectivity index (χ0v) is 15.3. The third-order valence-electron chi connectivity index (χ3n) is 4.69. The maximum absolute atomic E-state index is 10.8. The number of likely N-dealkylation sites (tertiary alicyclic amines) is 1. The first-order valence-corrected chi connectivity index (χ1v) is 8.64. The molecule has 1 fully saturated rings. The first-order valence-electron chi connectivity index (χ1n) is 7.39. The number of aliphatic hydroxyl groups is 1. The Bertz CT molecular complexity index is 343. The van der Waals surface area contributed by atoms with Crippen LogP contribution in [0.2, 0.25) is 0 Å². The van der Waals surface area contributed by atoms with E-state index in [0.29, 0.717) is 10.3 Å². The number of ether oxygens (including phenoxy) is 1. The fourth-order valence-electron chi connectivity index (χ4n) is 2.85. The molecule has 3 unspecified atom stereocenters. The molecule has 0 amide bonds. The minimum Gasteiger partial charge on any atom is -0.378 e. The Kier molecular flexibility index (Phi) is 6.78. The van der Waals surface area contributed by atoms with Crippen molar-refractivity contribution >= 4 is 22.6 Å². The number of halogens is 1. The molecule has 1 aliphatic heterocycles. The minimum atomic E-state index is -0.600. The van der Waals surface area contributed by atoms with Crippen LogP contribution in [-0.4, -0.2) is 46.0 Å². The molecule has 1 N–H and O–H groups in total. The zero-order chi connectivity index (χ0) is 15.4. The van der Waals surface area contributed by atoms with Crippen molar-refractivity contribution in [2.75, 3.05) is 20.2 Å². The van der Waals surface area contributed by atoms with Crippen LogP contribution < -0.4 is 0 Å². The highest BCUT2D eigenvalue weighted by atomic mass is 127. The SMILES string of the molecule is C#CC(C)(CC(C)(CC)OC)C(O)N1CCC(I)CC1. The molecule has 1 heterocycles. The van der Waals surface area contributed by atoms with Crippen molar-refractivity contribution in [1.29, 1.82) is 0 Å². The molecule has 0 bridgehead atoms. The molecule has 1 saturated heterocycles. The van der Waals surface area contributed by atoms with Crippen LogP contribution in [0, 0.1) is 17.8 Å². The Morgan fingerprint density at radius 3 is 2.40 bits per heavy atom. The number of alkyl halides is 1. The Labute approximate surface area is 137 Å². The van der Waals surface area contributed by atoms with E-state index in [4.69, 9.17) is 11.2 Å². The lowest BCUT2D eigenvalue weighted by Crippen LogP contribution is -2.52. The summed E-state index contributed by atoms with van der Waals surface area (Å²) < 4.78 is 6.33. The lowest BCUT2D eigenvalue weighted by molar-refractivity contribution is -0.106. The lowest BCUT2D eigenvalue weighted by atomic mass is 9.76. The first-order chi connectivity index (χ1) is 9.30. The third-order valence-corrected chi connectivity index (χ3v) is 5.93. The summed E-state index contributed by atoms with van der Waals surface area (Å²) in [7, 11) is 1.72. The third kappa shape index (κ3) is 4.33. The highest BCUT2D eigenvalue weighted by Crippen LogP contribution is 2.37. The van der Waals surface area contributed by atoms with Crippen LogP contribution in [0.25, 0.3) is 0 Å². The predicted molar refractivity (Wildman–Crippen MR) is 91.9 cm³/mol.